The van der Waals surface area contributed by atoms with Crippen molar-refractivity contribution >= 4 is 23.9 Å². The summed E-state index contributed by atoms with van der Waals surface area (Å²) in [5.74, 6) is -0.562. The van der Waals surface area contributed by atoms with Gasteiger partial charge in [0.05, 0.1) is 8.45 Å². The first-order valence-corrected chi connectivity index (χ1v) is 13.9. The minimum atomic E-state index is -2.49. The Bertz CT molecular complexity index is 1190. The summed E-state index contributed by atoms with van der Waals surface area (Å²) in [6.07, 6.45) is -2.45. The highest BCUT2D eigenvalue weighted by Crippen LogP contribution is 2.20. The van der Waals surface area contributed by atoms with Gasteiger partial charge in [0.1, 0.15) is 22.8 Å². The van der Waals surface area contributed by atoms with E-state index >= 15 is 0 Å². The third kappa shape index (κ3) is 12.6. The number of benzene rings is 2. The van der Waals surface area contributed by atoms with E-state index in [2.05, 4.69) is 0 Å². The third-order valence-electron chi connectivity index (χ3n) is 5.13. The Hall–Kier alpha value is -3.68. The van der Waals surface area contributed by atoms with Crippen LogP contribution in [0.15, 0.2) is 65.7 Å². The van der Waals surface area contributed by atoms with Gasteiger partial charge in [-0.1, -0.05) is 60.7 Å². The summed E-state index contributed by atoms with van der Waals surface area (Å²) in [4.78, 5) is 44.7. The molecule has 0 saturated carbocycles. The minimum absolute atomic E-state index is 0.0827. The first-order chi connectivity index (χ1) is 19.7. The van der Waals surface area contributed by atoms with Crippen LogP contribution in [0.1, 0.15) is 95.4 Å². The van der Waals surface area contributed by atoms with E-state index in [0.717, 1.165) is 11.1 Å². The molecule has 224 valence electrons. The number of ether oxygens (including phenoxy) is 3. The highest BCUT2D eigenvalue weighted by molar-refractivity contribution is 6.13. The zero-order valence-corrected chi connectivity index (χ0v) is 25.8. The molecule has 8 heteroatoms. The smallest absolute Gasteiger partial charge is 0.419 e. The van der Waals surface area contributed by atoms with Crippen LogP contribution < -0.4 is 0 Å². The lowest BCUT2D eigenvalue weighted by Gasteiger charge is -2.28. The van der Waals surface area contributed by atoms with Crippen molar-refractivity contribution in [2.45, 2.75) is 104 Å². The number of carbonyl (C=O) groups is 3. The summed E-state index contributed by atoms with van der Waals surface area (Å²) in [6, 6.07) is 17.9. The van der Waals surface area contributed by atoms with Crippen molar-refractivity contribution in [3.63, 3.8) is 0 Å². The van der Waals surface area contributed by atoms with Gasteiger partial charge in [-0.25, -0.2) is 19.3 Å². The van der Waals surface area contributed by atoms with Crippen LogP contribution in [0.2, 0.25) is 0 Å². The molecule has 0 spiro atoms. The molecule has 0 bridgehead atoms. The van der Waals surface area contributed by atoms with Gasteiger partial charge in [0.25, 0.3) is 0 Å². The molecule has 2 rings (SSSR count). The lowest BCUT2D eigenvalue weighted by atomic mass is 10.0. The predicted octanol–water partition coefficient (Wildman–Crippen LogP) is 7.58. The second-order valence-corrected chi connectivity index (χ2v) is 12.6. The first kappa shape index (κ1) is 30.3. The predicted molar refractivity (Wildman–Crippen MR) is 161 cm³/mol. The van der Waals surface area contributed by atoms with Crippen molar-refractivity contribution in [1.82, 2.24) is 4.90 Å². The molecule has 0 fully saturated rings. The number of nitrogens with zero attached hydrogens (tertiary/aromatic N) is 2. The Morgan fingerprint density at radius 1 is 0.707 bits per heavy atom. The van der Waals surface area contributed by atoms with Crippen LogP contribution in [-0.4, -0.2) is 58.1 Å². The molecule has 0 aliphatic heterocycles. The van der Waals surface area contributed by atoms with Crippen LogP contribution in [0.5, 0.6) is 0 Å². The van der Waals surface area contributed by atoms with Crippen LogP contribution >= 0.6 is 0 Å². The van der Waals surface area contributed by atoms with E-state index in [-0.39, 0.29) is 19.3 Å². The fraction of sp³-hybridized carbons (Fsp3) is 0.515. The molecule has 0 radical (unpaired) electrons. The minimum Gasteiger partial charge on any atom is -0.458 e. The van der Waals surface area contributed by atoms with Gasteiger partial charge in [0.15, 0.2) is 0 Å². The van der Waals surface area contributed by atoms with E-state index in [0.29, 0.717) is 10.6 Å². The normalized spacial score (nSPS) is 13.7. The van der Waals surface area contributed by atoms with Crippen LogP contribution in [0, 0.1) is 0 Å². The highest BCUT2D eigenvalue weighted by atomic mass is 16.6. The van der Waals surface area contributed by atoms with E-state index in [4.69, 9.17) is 21.9 Å². The molecule has 1 unspecified atom stereocenters. The molecule has 0 aliphatic carbocycles. The van der Waals surface area contributed by atoms with Crippen LogP contribution in [-0.2, 0) is 19.0 Å². The van der Waals surface area contributed by atoms with Gasteiger partial charge >= 0.3 is 18.2 Å². The average Bonchev–Trinajstić information content (AvgIpc) is 2.83. The Kier molecular flexibility index (Phi) is 10.6. The fourth-order valence-electron chi connectivity index (χ4n) is 3.57. The van der Waals surface area contributed by atoms with E-state index < -0.39 is 47.5 Å². The van der Waals surface area contributed by atoms with Gasteiger partial charge in [0, 0.05) is 17.6 Å². The second-order valence-electron chi connectivity index (χ2n) is 12.6. The first-order valence-electron chi connectivity index (χ1n) is 14.9. The number of hydrogen-bond donors (Lipinski definition) is 0. The topological polar surface area (TPSA) is 94.5 Å². The van der Waals surface area contributed by atoms with Crippen LogP contribution in [0.4, 0.5) is 9.59 Å². The molecular formula is C33H46N2O6. The molecule has 0 N–H and O–H groups in total. The van der Waals surface area contributed by atoms with Gasteiger partial charge in [-0.05, 0) is 81.6 Å². The van der Waals surface area contributed by atoms with E-state index in [1.54, 1.807) is 62.3 Å². The van der Waals surface area contributed by atoms with Crippen molar-refractivity contribution in [1.29, 1.82) is 0 Å². The summed E-state index contributed by atoms with van der Waals surface area (Å²) < 4.78 is 33.8. The molecule has 2 aromatic carbocycles. The van der Waals surface area contributed by atoms with Crippen molar-refractivity contribution in [2.75, 3.05) is 6.50 Å². The maximum Gasteiger partial charge on any atom is 0.419 e. The summed E-state index contributed by atoms with van der Waals surface area (Å²) in [5.41, 5.74) is -0.533. The molecule has 0 aliphatic rings. The molecule has 2 amide bonds. The Morgan fingerprint density at radius 3 is 1.51 bits per heavy atom. The standard InChI is InChI=1S/C33H46N2O6/c1-31(2,3)39-28(36)26(34-27(24-18-12-10-13-19-24)25-20-14-11-15-21-25)22-16-17-23-35(29(37)40-32(4,5)6)30(38)41-33(7,8)9/h10-15,18-21,26H,16-17,22-23H2,1-9H3/i23D2. The largest absolute Gasteiger partial charge is 0.458 e. The van der Waals surface area contributed by atoms with Crippen molar-refractivity contribution in [2.24, 2.45) is 4.99 Å². The second kappa shape index (κ2) is 14.3. The van der Waals surface area contributed by atoms with Gasteiger partial charge < -0.3 is 14.2 Å². The Balaban J connectivity index is 2.43. The zero-order chi connectivity index (χ0) is 32.6. The van der Waals surface area contributed by atoms with Crippen LogP contribution in [0.3, 0.4) is 0 Å². The molecule has 8 nitrogen and oxygen atoms in total. The lowest BCUT2D eigenvalue weighted by Crippen LogP contribution is -2.44. The number of carbonyl (C=O) groups excluding carboxylic acids is 3. The van der Waals surface area contributed by atoms with Gasteiger partial charge in [-0.3, -0.25) is 4.99 Å². The molecule has 0 heterocycles. The highest BCUT2D eigenvalue weighted by Gasteiger charge is 2.31. The van der Waals surface area contributed by atoms with Gasteiger partial charge in [-0.15, -0.1) is 0 Å². The quantitative estimate of drug-likeness (QED) is 0.176. The summed E-state index contributed by atoms with van der Waals surface area (Å²) in [6.45, 7) is 12.5. The molecule has 0 aromatic heterocycles. The zero-order valence-electron chi connectivity index (χ0n) is 27.8. The third-order valence-corrected chi connectivity index (χ3v) is 5.13. The number of hydrogen-bond acceptors (Lipinski definition) is 7. The Labute approximate surface area is 247 Å². The van der Waals surface area contributed by atoms with Crippen molar-refractivity contribution < 1.29 is 31.3 Å². The summed E-state index contributed by atoms with van der Waals surface area (Å²) >= 11 is 0. The molecule has 41 heavy (non-hydrogen) atoms. The van der Waals surface area contributed by atoms with Gasteiger partial charge in [0.2, 0.25) is 0 Å². The molecular weight excluding hydrogens is 520 g/mol. The van der Waals surface area contributed by atoms with E-state index in [1.165, 1.54) is 0 Å². The number of esters is 1. The summed E-state index contributed by atoms with van der Waals surface area (Å²) in [5, 5.41) is 0. The summed E-state index contributed by atoms with van der Waals surface area (Å²) in [7, 11) is 0. The maximum atomic E-state index is 13.4. The SMILES string of the molecule is [2H]C([2H])(CCCC(N=C(c1ccccc1)c1ccccc1)C(=O)OC(C)(C)C)N(C(=O)OC(C)(C)C)C(=O)OC(C)(C)C. The molecule has 0 saturated heterocycles. The number of rotatable bonds is 9. The van der Waals surface area contributed by atoms with E-state index in [1.807, 2.05) is 60.7 Å². The van der Waals surface area contributed by atoms with Crippen LogP contribution in [0.25, 0.3) is 0 Å². The molecule has 2 aromatic rings. The van der Waals surface area contributed by atoms with E-state index in [9.17, 15) is 14.4 Å². The van der Waals surface area contributed by atoms with Crippen molar-refractivity contribution in [3.8, 4) is 0 Å². The fourth-order valence-corrected chi connectivity index (χ4v) is 3.57. The average molecular weight is 569 g/mol. The monoisotopic (exact) mass is 568 g/mol. The number of aliphatic imine (C=N–C) groups is 1. The maximum absolute atomic E-state index is 13.4. The molecule has 1 atom stereocenters. The number of imide groups is 1. The van der Waals surface area contributed by atoms with Gasteiger partial charge in [-0.2, -0.15) is 0 Å². The Morgan fingerprint density at radius 2 is 1.12 bits per heavy atom. The lowest BCUT2D eigenvalue weighted by molar-refractivity contribution is -0.156. The number of amides is 2. The van der Waals surface area contributed by atoms with Crippen molar-refractivity contribution in [3.05, 3.63) is 71.8 Å².